The molecule has 1 N–H and O–H groups in total. The lowest BCUT2D eigenvalue weighted by atomic mass is 10.1. The molecule has 4 rings (SSSR count). The molecule has 11 heteroatoms. The van der Waals surface area contributed by atoms with Crippen LogP contribution in [-0.2, 0) is 31.9 Å². The summed E-state index contributed by atoms with van der Waals surface area (Å²) >= 11 is 1.23. The molecule has 10 nitrogen and oxygen atoms in total. The lowest BCUT2D eigenvalue weighted by Gasteiger charge is -2.11. The Balaban J connectivity index is 1.50. The van der Waals surface area contributed by atoms with Gasteiger partial charge in [0.25, 0.3) is 5.56 Å². The van der Waals surface area contributed by atoms with Gasteiger partial charge in [-0.05, 0) is 29.7 Å². The summed E-state index contributed by atoms with van der Waals surface area (Å²) in [6, 6.07) is 15.3. The van der Waals surface area contributed by atoms with Gasteiger partial charge in [0.05, 0.1) is 26.5 Å². The number of hydrogen-bond donors (Lipinski definition) is 1. The molecule has 2 aromatic heterocycles. The van der Waals surface area contributed by atoms with E-state index in [1.165, 1.54) is 23.4 Å². The standard InChI is InChI=1S/C26H29N5O5S/c1-29-23-22(24(33)30(2)26(29)34)31(15-18-8-6-5-7-9-18)25(28-23)37-16-21(32)27-13-12-17-10-11-19(35-3)20(14-17)36-4/h5-11,14H,12-13,15-16H2,1-4H3,(H,27,32). The van der Waals surface area contributed by atoms with Gasteiger partial charge in [0.15, 0.2) is 27.8 Å². The van der Waals surface area contributed by atoms with Crippen LogP contribution in [0.5, 0.6) is 11.5 Å². The number of methoxy groups -OCH3 is 2. The minimum Gasteiger partial charge on any atom is -0.493 e. The van der Waals surface area contributed by atoms with Crippen LogP contribution < -0.4 is 26.0 Å². The van der Waals surface area contributed by atoms with Crippen LogP contribution in [0.3, 0.4) is 0 Å². The van der Waals surface area contributed by atoms with E-state index < -0.39 is 11.2 Å². The molecule has 0 saturated heterocycles. The fourth-order valence-electron chi connectivity index (χ4n) is 4.01. The molecular weight excluding hydrogens is 494 g/mol. The van der Waals surface area contributed by atoms with E-state index >= 15 is 0 Å². The maximum atomic E-state index is 13.0. The van der Waals surface area contributed by atoms with Gasteiger partial charge >= 0.3 is 5.69 Å². The summed E-state index contributed by atoms with van der Waals surface area (Å²) in [5.74, 6) is 1.24. The van der Waals surface area contributed by atoms with Crippen molar-refractivity contribution in [2.45, 2.75) is 18.1 Å². The summed E-state index contributed by atoms with van der Waals surface area (Å²) in [6.45, 7) is 0.832. The van der Waals surface area contributed by atoms with E-state index in [4.69, 9.17) is 9.47 Å². The molecule has 0 fully saturated rings. The Morgan fingerprint density at radius 2 is 1.70 bits per heavy atom. The van der Waals surface area contributed by atoms with Crippen molar-refractivity contribution in [2.75, 3.05) is 26.5 Å². The number of imidazole rings is 1. The summed E-state index contributed by atoms with van der Waals surface area (Å²) in [5.41, 5.74) is 1.72. The lowest BCUT2D eigenvalue weighted by molar-refractivity contribution is -0.118. The molecule has 0 bridgehead atoms. The summed E-state index contributed by atoms with van der Waals surface area (Å²) in [7, 11) is 6.20. The second-order valence-corrected chi connectivity index (χ2v) is 9.36. The van der Waals surface area contributed by atoms with Crippen LogP contribution in [-0.4, -0.2) is 51.1 Å². The van der Waals surface area contributed by atoms with Crippen molar-refractivity contribution in [2.24, 2.45) is 14.1 Å². The summed E-state index contributed by atoms with van der Waals surface area (Å²) in [6.07, 6.45) is 0.626. The van der Waals surface area contributed by atoms with E-state index in [-0.39, 0.29) is 11.7 Å². The maximum absolute atomic E-state index is 13.0. The number of nitrogens with zero attached hydrogens (tertiary/aromatic N) is 4. The van der Waals surface area contributed by atoms with Crippen LogP contribution in [0, 0.1) is 0 Å². The van der Waals surface area contributed by atoms with Crippen LogP contribution in [0.25, 0.3) is 11.2 Å². The average molecular weight is 524 g/mol. The highest BCUT2D eigenvalue weighted by Crippen LogP contribution is 2.27. The van der Waals surface area contributed by atoms with Gasteiger partial charge in [-0.1, -0.05) is 48.2 Å². The number of aryl methyl sites for hydroxylation is 1. The number of thioether (sulfide) groups is 1. The number of ether oxygens (including phenoxy) is 2. The molecule has 0 aliphatic carbocycles. The number of aromatic nitrogens is 4. The molecular formula is C26H29N5O5S. The summed E-state index contributed by atoms with van der Waals surface area (Å²) in [4.78, 5) is 42.7. The number of carbonyl (C=O) groups is 1. The Labute approximate surface area is 217 Å². The SMILES string of the molecule is COc1ccc(CCNC(=O)CSc2nc3c(c(=O)n(C)c(=O)n3C)n2Cc2ccccc2)cc1OC. The average Bonchev–Trinajstić information content (AvgIpc) is 3.28. The molecule has 2 heterocycles. The monoisotopic (exact) mass is 523 g/mol. The van der Waals surface area contributed by atoms with Crippen molar-refractivity contribution >= 4 is 28.8 Å². The van der Waals surface area contributed by atoms with E-state index in [1.807, 2.05) is 48.5 Å². The van der Waals surface area contributed by atoms with E-state index in [9.17, 15) is 14.4 Å². The second kappa shape index (κ2) is 11.4. The van der Waals surface area contributed by atoms with E-state index in [2.05, 4.69) is 10.3 Å². The number of nitrogens with one attached hydrogen (secondary N) is 1. The molecule has 0 radical (unpaired) electrons. The number of amides is 1. The zero-order chi connectivity index (χ0) is 26.5. The van der Waals surface area contributed by atoms with Crippen molar-refractivity contribution in [3.63, 3.8) is 0 Å². The Morgan fingerprint density at radius 1 is 0.973 bits per heavy atom. The predicted molar refractivity (Wildman–Crippen MR) is 143 cm³/mol. The van der Waals surface area contributed by atoms with Crippen LogP contribution in [0.4, 0.5) is 0 Å². The number of rotatable bonds is 10. The van der Waals surface area contributed by atoms with Gasteiger partial charge in [-0.2, -0.15) is 0 Å². The number of fused-ring (bicyclic) bond motifs is 1. The highest BCUT2D eigenvalue weighted by atomic mass is 32.2. The van der Waals surface area contributed by atoms with Gasteiger partial charge in [0.1, 0.15) is 0 Å². The van der Waals surface area contributed by atoms with Crippen LogP contribution in [0.1, 0.15) is 11.1 Å². The van der Waals surface area contributed by atoms with E-state index in [1.54, 1.807) is 25.8 Å². The molecule has 0 atom stereocenters. The Kier molecular flexibility index (Phi) is 8.02. The normalized spacial score (nSPS) is 11.0. The third kappa shape index (κ3) is 5.56. The molecule has 0 unspecified atom stereocenters. The van der Waals surface area contributed by atoms with Crippen molar-refractivity contribution in [1.82, 2.24) is 24.0 Å². The quantitative estimate of drug-likeness (QED) is 0.317. The van der Waals surface area contributed by atoms with Crippen molar-refractivity contribution < 1.29 is 14.3 Å². The fraction of sp³-hybridized carbons (Fsp3) is 0.308. The van der Waals surface area contributed by atoms with Crippen molar-refractivity contribution in [1.29, 1.82) is 0 Å². The number of benzene rings is 2. The zero-order valence-electron chi connectivity index (χ0n) is 21.2. The zero-order valence-corrected chi connectivity index (χ0v) is 22.0. The van der Waals surface area contributed by atoms with Crippen LogP contribution in [0.2, 0.25) is 0 Å². The van der Waals surface area contributed by atoms with Gasteiger partial charge in [0, 0.05) is 20.6 Å². The molecule has 0 aliphatic rings. The molecule has 4 aromatic rings. The lowest BCUT2D eigenvalue weighted by Crippen LogP contribution is -2.37. The first-order chi connectivity index (χ1) is 17.8. The van der Waals surface area contributed by atoms with Crippen molar-refractivity contribution in [3.05, 3.63) is 80.5 Å². The van der Waals surface area contributed by atoms with Gasteiger partial charge in [-0.25, -0.2) is 9.78 Å². The largest absolute Gasteiger partial charge is 0.493 e. The maximum Gasteiger partial charge on any atom is 0.332 e. The highest BCUT2D eigenvalue weighted by Gasteiger charge is 2.20. The third-order valence-corrected chi connectivity index (χ3v) is 6.99. The molecule has 2 aromatic carbocycles. The van der Waals surface area contributed by atoms with Gasteiger partial charge in [-0.3, -0.25) is 18.7 Å². The molecule has 194 valence electrons. The van der Waals surface area contributed by atoms with Gasteiger partial charge in [-0.15, -0.1) is 0 Å². The molecule has 1 amide bonds. The molecule has 37 heavy (non-hydrogen) atoms. The third-order valence-electron chi connectivity index (χ3n) is 6.01. The van der Waals surface area contributed by atoms with Gasteiger partial charge < -0.3 is 19.4 Å². The van der Waals surface area contributed by atoms with Crippen LogP contribution in [0.15, 0.2) is 63.3 Å². The minimum atomic E-state index is -0.452. The number of hydrogen-bond acceptors (Lipinski definition) is 7. The smallest absolute Gasteiger partial charge is 0.332 e. The first-order valence-corrected chi connectivity index (χ1v) is 12.6. The summed E-state index contributed by atoms with van der Waals surface area (Å²) < 4.78 is 14.8. The van der Waals surface area contributed by atoms with E-state index in [0.717, 1.165) is 15.7 Å². The number of carbonyl (C=O) groups excluding carboxylic acids is 1. The van der Waals surface area contributed by atoms with Crippen LogP contribution >= 0.6 is 11.8 Å². The van der Waals surface area contributed by atoms with Crippen molar-refractivity contribution in [3.8, 4) is 11.5 Å². The first kappa shape index (κ1) is 26.1. The minimum absolute atomic E-state index is 0.109. The second-order valence-electron chi connectivity index (χ2n) is 8.42. The Hall–Kier alpha value is -3.99. The van der Waals surface area contributed by atoms with E-state index in [0.29, 0.717) is 47.3 Å². The topological polar surface area (TPSA) is 109 Å². The predicted octanol–water partition coefficient (Wildman–Crippen LogP) is 1.95. The first-order valence-electron chi connectivity index (χ1n) is 11.6. The molecule has 0 spiro atoms. The summed E-state index contributed by atoms with van der Waals surface area (Å²) in [5, 5.41) is 3.41. The Bertz CT molecular complexity index is 1540. The molecule has 0 saturated carbocycles. The Morgan fingerprint density at radius 3 is 2.41 bits per heavy atom. The molecule has 0 aliphatic heterocycles. The van der Waals surface area contributed by atoms with Gasteiger partial charge in [0.2, 0.25) is 5.91 Å². The highest BCUT2D eigenvalue weighted by molar-refractivity contribution is 7.99. The fourth-order valence-corrected chi connectivity index (χ4v) is 4.84.